The van der Waals surface area contributed by atoms with Crippen molar-refractivity contribution in [2.75, 3.05) is 23.3 Å². The molecule has 1 aromatic carbocycles. The van der Waals surface area contributed by atoms with Gasteiger partial charge in [-0.15, -0.1) is 6.58 Å². The molecule has 2 aromatic heterocycles. The van der Waals surface area contributed by atoms with Gasteiger partial charge in [0.15, 0.2) is 10.8 Å². The van der Waals surface area contributed by atoms with Crippen molar-refractivity contribution in [3.8, 4) is 0 Å². The average Bonchev–Trinajstić information content (AvgIpc) is 3.16. The van der Waals surface area contributed by atoms with Gasteiger partial charge in [-0.2, -0.15) is 0 Å². The minimum absolute atomic E-state index is 0.0465. The van der Waals surface area contributed by atoms with Crippen molar-refractivity contribution in [1.29, 1.82) is 0 Å². The third kappa shape index (κ3) is 4.31. The van der Waals surface area contributed by atoms with Crippen LogP contribution in [0.3, 0.4) is 0 Å². The van der Waals surface area contributed by atoms with E-state index in [0.29, 0.717) is 33.6 Å². The number of nitrogens with zero attached hydrogens (tertiary/aromatic N) is 4. The molecule has 0 aliphatic carbocycles. The molecule has 0 atom stereocenters. The molecule has 0 aliphatic rings. The van der Waals surface area contributed by atoms with Crippen LogP contribution in [0.15, 0.2) is 46.5 Å². The number of carbonyl (C=O) groups excluding carboxylic acids is 1. The molecule has 3 rings (SSSR count). The Labute approximate surface area is 182 Å². The predicted molar refractivity (Wildman–Crippen MR) is 122 cm³/mol. The van der Waals surface area contributed by atoms with Crippen LogP contribution in [0.5, 0.6) is 0 Å². The Morgan fingerprint density at radius 2 is 1.90 bits per heavy atom. The summed E-state index contributed by atoms with van der Waals surface area (Å²) < 4.78 is 2.63. The van der Waals surface area contributed by atoms with Crippen LogP contribution in [0.4, 0.5) is 10.8 Å². The van der Waals surface area contributed by atoms with Crippen LogP contribution in [-0.4, -0.2) is 33.1 Å². The number of benzene rings is 1. The highest BCUT2D eigenvalue weighted by molar-refractivity contribution is 7.22. The maximum absolute atomic E-state index is 13.0. The molecule has 0 fully saturated rings. The fraction of sp³-hybridized carbons (Fsp3) is 0.300. The van der Waals surface area contributed by atoms with Crippen molar-refractivity contribution < 1.29 is 4.79 Å². The summed E-state index contributed by atoms with van der Waals surface area (Å²) in [6.07, 6.45) is 1.47. The maximum atomic E-state index is 13.0. The minimum Gasteiger partial charge on any atom is -0.349 e. The van der Waals surface area contributed by atoms with Crippen molar-refractivity contribution in [1.82, 2.24) is 14.1 Å². The quantitative estimate of drug-likeness (QED) is 0.536. The average molecular weight is 448 g/mol. The number of fused-ring (bicyclic) bond motifs is 1. The van der Waals surface area contributed by atoms with Gasteiger partial charge in [-0.3, -0.25) is 18.7 Å². The van der Waals surface area contributed by atoms with Gasteiger partial charge in [0.1, 0.15) is 11.2 Å². The lowest BCUT2D eigenvalue weighted by atomic mass is 10.3. The van der Waals surface area contributed by atoms with Crippen LogP contribution in [-0.2, 0) is 17.9 Å². The monoisotopic (exact) mass is 447 g/mol. The molecule has 30 heavy (non-hydrogen) atoms. The number of amides is 1. The summed E-state index contributed by atoms with van der Waals surface area (Å²) in [6, 6.07) is 6.64. The zero-order chi connectivity index (χ0) is 21.8. The van der Waals surface area contributed by atoms with Gasteiger partial charge < -0.3 is 10.2 Å². The largest absolute Gasteiger partial charge is 0.349 e. The lowest BCUT2D eigenvalue weighted by Crippen LogP contribution is -2.41. The molecular weight excluding hydrogens is 426 g/mol. The summed E-state index contributed by atoms with van der Waals surface area (Å²) in [5, 5.41) is 3.91. The van der Waals surface area contributed by atoms with E-state index in [1.54, 1.807) is 24.3 Å². The molecule has 1 amide bonds. The molecule has 158 valence electrons. The number of halogens is 1. The summed E-state index contributed by atoms with van der Waals surface area (Å²) in [4.78, 5) is 45.0. The molecule has 8 nitrogen and oxygen atoms in total. The first kappa shape index (κ1) is 21.8. The second kappa shape index (κ2) is 9.27. The highest BCUT2D eigenvalue weighted by Gasteiger charge is 2.20. The summed E-state index contributed by atoms with van der Waals surface area (Å²) in [7, 11) is 0. The highest BCUT2D eigenvalue weighted by atomic mass is 35.5. The summed E-state index contributed by atoms with van der Waals surface area (Å²) in [6.45, 7) is 8.76. The number of allylic oxidation sites excluding steroid dienone is 1. The summed E-state index contributed by atoms with van der Waals surface area (Å²) in [5.41, 5.74) is -0.270. The van der Waals surface area contributed by atoms with E-state index in [-0.39, 0.29) is 18.7 Å². The third-order valence-corrected chi connectivity index (χ3v) is 5.88. The number of carbonyl (C=O) groups is 1. The summed E-state index contributed by atoms with van der Waals surface area (Å²) >= 11 is 7.09. The number of thiazole rings is 1. The van der Waals surface area contributed by atoms with Gasteiger partial charge in [0, 0.05) is 30.3 Å². The standard InChI is InChI=1S/C20H22ClN5O3S/c1-4-11-25-18(28)16-17(23-19(30-16)24(5-2)6-3)26(20(25)29)12-15(27)22-14-9-7-13(21)8-10-14/h4,7-10H,1,5-6,11-12H2,2-3H3,(H,22,27). The van der Waals surface area contributed by atoms with Crippen molar-refractivity contribution in [3.63, 3.8) is 0 Å². The van der Waals surface area contributed by atoms with Crippen LogP contribution in [0.2, 0.25) is 5.02 Å². The Morgan fingerprint density at radius 1 is 1.23 bits per heavy atom. The van der Waals surface area contributed by atoms with E-state index in [4.69, 9.17) is 11.6 Å². The van der Waals surface area contributed by atoms with Crippen molar-refractivity contribution in [3.05, 3.63) is 62.8 Å². The maximum Gasteiger partial charge on any atom is 0.333 e. The van der Waals surface area contributed by atoms with Crippen molar-refractivity contribution in [2.45, 2.75) is 26.9 Å². The Balaban J connectivity index is 2.07. The van der Waals surface area contributed by atoms with Crippen LogP contribution in [0.1, 0.15) is 13.8 Å². The zero-order valence-electron chi connectivity index (χ0n) is 16.7. The van der Waals surface area contributed by atoms with Crippen LogP contribution in [0, 0.1) is 0 Å². The fourth-order valence-electron chi connectivity index (χ4n) is 3.01. The van der Waals surface area contributed by atoms with Crippen molar-refractivity contribution >= 4 is 50.0 Å². The Hall–Kier alpha value is -2.91. The molecule has 0 saturated heterocycles. The minimum atomic E-state index is -0.602. The van der Waals surface area contributed by atoms with Gasteiger partial charge in [-0.25, -0.2) is 9.78 Å². The first-order valence-corrected chi connectivity index (χ1v) is 10.6. The number of anilines is 2. The molecule has 0 radical (unpaired) electrons. The smallest absolute Gasteiger partial charge is 0.333 e. The van der Waals surface area contributed by atoms with E-state index in [1.165, 1.54) is 22.0 Å². The molecule has 0 bridgehead atoms. The van der Waals surface area contributed by atoms with Gasteiger partial charge in [-0.05, 0) is 38.1 Å². The van der Waals surface area contributed by atoms with Crippen LogP contribution >= 0.6 is 22.9 Å². The molecule has 0 saturated carbocycles. The number of hydrogen-bond donors (Lipinski definition) is 1. The number of aromatic nitrogens is 3. The first-order valence-electron chi connectivity index (χ1n) is 9.45. The second-order valence-corrected chi connectivity index (χ2v) is 7.86. The lowest BCUT2D eigenvalue weighted by molar-refractivity contribution is -0.116. The van der Waals surface area contributed by atoms with Gasteiger partial charge >= 0.3 is 5.69 Å². The second-order valence-electron chi connectivity index (χ2n) is 6.45. The van der Waals surface area contributed by atoms with Gasteiger partial charge in [0.05, 0.1) is 0 Å². The van der Waals surface area contributed by atoms with Crippen LogP contribution in [0.25, 0.3) is 10.3 Å². The lowest BCUT2D eigenvalue weighted by Gasteiger charge is -2.16. The number of nitrogens with one attached hydrogen (secondary N) is 1. The summed E-state index contributed by atoms with van der Waals surface area (Å²) in [5.74, 6) is -0.415. The molecule has 0 spiro atoms. The number of hydrogen-bond acceptors (Lipinski definition) is 6. The molecular formula is C20H22ClN5O3S. The van der Waals surface area contributed by atoms with Crippen LogP contribution < -0.4 is 21.5 Å². The Kier molecular flexibility index (Phi) is 6.73. The molecule has 2 heterocycles. The number of rotatable bonds is 8. The molecule has 10 heteroatoms. The molecule has 0 unspecified atom stereocenters. The van der Waals surface area contributed by atoms with Gasteiger partial charge in [0.2, 0.25) is 5.91 Å². The molecule has 0 aliphatic heterocycles. The Bertz CT molecular complexity index is 1190. The van der Waals surface area contributed by atoms with Gasteiger partial charge in [0.25, 0.3) is 5.56 Å². The van der Waals surface area contributed by atoms with Crippen molar-refractivity contribution in [2.24, 2.45) is 0 Å². The zero-order valence-corrected chi connectivity index (χ0v) is 18.3. The fourth-order valence-corrected chi connectivity index (χ4v) is 4.28. The first-order chi connectivity index (χ1) is 14.4. The van der Waals surface area contributed by atoms with E-state index >= 15 is 0 Å². The molecule has 1 N–H and O–H groups in total. The van der Waals surface area contributed by atoms with E-state index in [2.05, 4.69) is 16.9 Å². The van der Waals surface area contributed by atoms with Gasteiger partial charge in [-0.1, -0.05) is 29.0 Å². The molecule has 3 aromatic rings. The third-order valence-electron chi connectivity index (χ3n) is 4.53. The normalized spacial score (nSPS) is 10.9. The topological polar surface area (TPSA) is 89.2 Å². The predicted octanol–water partition coefficient (Wildman–Crippen LogP) is 2.94. The van der Waals surface area contributed by atoms with E-state index in [9.17, 15) is 14.4 Å². The van der Waals surface area contributed by atoms with E-state index < -0.39 is 17.2 Å². The van der Waals surface area contributed by atoms with E-state index in [0.717, 1.165) is 4.57 Å². The SMILES string of the molecule is C=CCn1c(=O)c2sc(N(CC)CC)nc2n(CC(=O)Nc2ccc(Cl)cc2)c1=O. The Morgan fingerprint density at radius 3 is 2.50 bits per heavy atom. The highest BCUT2D eigenvalue weighted by Crippen LogP contribution is 2.25. The van der Waals surface area contributed by atoms with E-state index in [1.807, 2.05) is 18.7 Å².